The van der Waals surface area contributed by atoms with Crippen LogP contribution < -0.4 is 16.0 Å². The number of fused-ring (bicyclic) bond motifs is 3. The van der Waals surface area contributed by atoms with Crippen LogP contribution >= 0.6 is 0 Å². The van der Waals surface area contributed by atoms with Crippen molar-refractivity contribution in [3.63, 3.8) is 0 Å². The van der Waals surface area contributed by atoms with Crippen LogP contribution in [0, 0.1) is 0 Å². The van der Waals surface area contributed by atoms with Gasteiger partial charge in [-0.3, -0.25) is 9.59 Å². The summed E-state index contributed by atoms with van der Waals surface area (Å²) in [7, 11) is 1.80. The second-order valence-electron chi connectivity index (χ2n) is 6.40. The van der Waals surface area contributed by atoms with Crippen LogP contribution in [-0.2, 0) is 4.79 Å². The molecular formula is C16H21N7O2. The van der Waals surface area contributed by atoms with Gasteiger partial charge in [0.25, 0.3) is 5.91 Å². The molecule has 4 bridgehead atoms. The van der Waals surface area contributed by atoms with Crippen molar-refractivity contribution in [3.8, 4) is 0 Å². The highest BCUT2D eigenvalue weighted by Crippen LogP contribution is 2.22. The molecule has 0 radical (unpaired) electrons. The molecule has 0 aliphatic carbocycles. The maximum absolute atomic E-state index is 12.5. The Morgan fingerprint density at radius 1 is 1.36 bits per heavy atom. The summed E-state index contributed by atoms with van der Waals surface area (Å²) in [6, 6.07) is 2.01. The first kappa shape index (κ1) is 15.7. The van der Waals surface area contributed by atoms with Crippen molar-refractivity contribution in [2.45, 2.75) is 25.3 Å². The monoisotopic (exact) mass is 343 g/mol. The second kappa shape index (κ2) is 6.23. The molecule has 2 aromatic heterocycles. The van der Waals surface area contributed by atoms with Crippen LogP contribution in [-0.4, -0.2) is 64.0 Å². The Kier molecular flexibility index (Phi) is 3.90. The highest BCUT2D eigenvalue weighted by molar-refractivity contribution is 6.00. The summed E-state index contributed by atoms with van der Waals surface area (Å²) in [4.78, 5) is 31.3. The Morgan fingerprint density at radius 2 is 2.24 bits per heavy atom. The van der Waals surface area contributed by atoms with Crippen LogP contribution in [0.4, 0.5) is 11.6 Å². The van der Waals surface area contributed by atoms with Gasteiger partial charge in [0.2, 0.25) is 5.91 Å². The number of nitrogens with one attached hydrogen (secondary N) is 3. The summed E-state index contributed by atoms with van der Waals surface area (Å²) in [5, 5.41) is 13.6. The fraction of sp³-hybridized carbons (Fsp3) is 0.500. The van der Waals surface area contributed by atoms with Crippen molar-refractivity contribution in [1.82, 2.24) is 24.8 Å². The molecule has 0 spiro atoms. The Balaban J connectivity index is 1.78. The standard InChI is InChI=1S/C16H21N7O2/c1-17-13-7-12-20-10-3-2-6-22(9-10)14(24)4-5-18-16(25)11-8-19-23(13)15(11)21-12/h7-8,10,17H,2-6,9H2,1H3,(H,18,25)(H,20,21). The molecule has 2 aliphatic heterocycles. The Morgan fingerprint density at radius 3 is 3.08 bits per heavy atom. The van der Waals surface area contributed by atoms with Crippen LogP contribution in [0.15, 0.2) is 12.3 Å². The van der Waals surface area contributed by atoms with E-state index in [4.69, 9.17) is 0 Å². The first-order valence-electron chi connectivity index (χ1n) is 8.55. The third-order valence-corrected chi connectivity index (χ3v) is 4.72. The van der Waals surface area contributed by atoms with Gasteiger partial charge >= 0.3 is 0 Å². The number of carbonyl (C=O) groups is 2. The predicted molar refractivity (Wildman–Crippen MR) is 92.7 cm³/mol. The lowest BCUT2D eigenvalue weighted by Crippen LogP contribution is -2.45. The fourth-order valence-electron chi connectivity index (χ4n) is 3.44. The van der Waals surface area contributed by atoms with E-state index in [1.54, 1.807) is 11.6 Å². The minimum absolute atomic E-state index is 0.0711. The minimum atomic E-state index is -0.272. The maximum Gasteiger partial charge on any atom is 0.256 e. The molecule has 25 heavy (non-hydrogen) atoms. The number of hydrogen-bond acceptors (Lipinski definition) is 6. The lowest BCUT2D eigenvalue weighted by Gasteiger charge is -2.33. The third kappa shape index (κ3) is 2.86. The molecule has 132 valence electrons. The molecule has 2 aliphatic rings. The normalized spacial score (nSPS) is 21.2. The fourth-order valence-corrected chi connectivity index (χ4v) is 3.44. The van der Waals surface area contributed by atoms with E-state index in [1.807, 2.05) is 11.0 Å². The van der Waals surface area contributed by atoms with Gasteiger partial charge in [-0.1, -0.05) is 0 Å². The van der Waals surface area contributed by atoms with Gasteiger partial charge in [-0.05, 0) is 12.8 Å². The molecule has 0 saturated carbocycles. The lowest BCUT2D eigenvalue weighted by molar-refractivity contribution is -0.132. The minimum Gasteiger partial charge on any atom is -0.373 e. The number of amides is 2. The molecule has 2 aromatic rings. The van der Waals surface area contributed by atoms with E-state index in [0.29, 0.717) is 36.5 Å². The number of anilines is 2. The van der Waals surface area contributed by atoms with E-state index in [1.165, 1.54) is 6.20 Å². The van der Waals surface area contributed by atoms with Gasteiger partial charge in [-0.2, -0.15) is 9.61 Å². The van der Waals surface area contributed by atoms with Crippen molar-refractivity contribution in [1.29, 1.82) is 0 Å². The van der Waals surface area contributed by atoms with E-state index >= 15 is 0 Å². The van der Waals surface area contributed by atoms with Gasteiger partial charge in [0.05, 0.1) is 6.20 Å². The Labute approximate surface area is 144 Å². The van der Waals surface area contributed by atoms with Crippen LogP contribution in [0.3, 0.4) is 0 Å². The van der Waals surface area contributed by atoms with E-state index in [0.717, 1.165) is 25.2 Å². The van der Waals surface area contributed by atoms with Gasteiger partial charge in [0, 0.05) is 45.2 Å². The van der Waals surface area contributed by atoms with Crippen molar-refractivity contribution in [3.05, 3.63) is 17.8 Å². The Hall–Kier alpha value is -2.84. The van der Waals surface area contributed by atoms with Gasteiger partial charge in [0.1, 0.15) is 17.2 Å². The second-order valence-corrected chi connectivity index (χ2v) is 6.40. The van der Waals surface area contributed by atoms with E-state index in [9.17, 15) is 9.59 Å². The maximum atomic E-state index is 12.5. The zero-order valence-corrected chi connectivity index (χ0v) is 14.1. The zero-order chi connectivity index (χ0) is 17.4. The summed E-state index contributed by atoms with van der Waals surface area (Å²) in [5.41, 5.74) is 0.889. The van der Waals surface area contributed by atoms with Crippen molar-refractivity contribution in [2.24, 2.45) is 0 Å². The molecule has 0 aromatic carbocycles. The topological polar surface area (TPSA) is 104 Å². The van der Waals surface area contributed by atoms with Crippen molar-refractivity contribution in [2.75, 3.05) is 37.3 Å². The summed E-state index contributed by atoms with van der Waals surface area (Å²) in [6.45, 7) is 1.73. The van der Waals surface area contributed by atoms with E-state index in [-0.39, 0.29) is 17.9 Å². The van der Waals surface area contributed by atoms with Crippen LogP contribution in [0.2, 0.25) is 0 Å². The molecule has 1 unspecified atom stereocenters. The first-order valence-corrected chi connectivity index (χ1v) is 8.55. The molecule has 1 atom stereocenters. The number of piperidine rings is 1. The summed E-state index contributed by atoms with van der Waals surface area (Å²) in [5.74, 6) is 1.21. The molecule has 4 rings (SSSR count). The third-order valence-electron chi connectivity index (χ3n) is 4.72. The molecule has 3 N–H and O–H groups in total. The molecule has 9 nitrogen and oxygen atoms in total. The van der Waals surface area contributed by atoms with Crippen LogP contribution in [0.1, 0.15) is 29.6 Å². The highest BCUT2D eigenvalue weighted by atomic mass is 16.2. The number of hydrogen-bond donors (Lipinski definition) is 3. The lowest BCUT2D eigenvalue weighted by atomic mass is 10.1. The molecule has 4 heterocycles. The molecular weight excluding hydrogens is 322 g/mol. The summed E-state index contributed by atoms with van der Waals surface area (Å²) < 4.78 is 1.61. The van der Waals surface area contributed by atoms with Crippen LogP contribution in [0.5, 0.6) is 0 Å². The van der Waals surface area contributed by atoms with Gasteiger partial charge in [-0.15, -0.1) is 0 Å². The average Bonchev–Trinajstić information content (AvgIpc) is 3.04. The summed E-state index contributed by atoms with van der Waals surface area (Å²) in [6.07, 6.45) is 3.74. The molecule has 1 saturated heterocycles. The quantitative estimate of drug-likeness (QED) is 0.688. The predicted octanol–water partition coefficient (Wildman–Crippen LogP) is 0.307. The average molecular weight is 343 g/mol. The van der Waals surface area contributed by atoms with Gasteiger partial charge in [0.15, 0.2) is 5.65 Å². The molecule has 1 fully saturated rings. The first-order chi connectivity index (χ1) is 12.2. The highest BCUT2D eigenvalue weighted by Gasteiger charge is 2.25. The Bertz CT molecular complexity index is 831. The molecule has 2 amide bonds. The van der Waals surface area contributed by atoms with E-state index < -0.39 is 0 Å². The summed E-state index contributed by atoms with van der Waals surface area (Å²) >= 11 is 0. The number of rotatable bonds is 1. The van der Waals surface area contributed by atoms with Gasteiger partial charge in [-0.25, -0.2) is 4.98 Å². The smallest absolute Gasteiger partial charge is 0.256 e. The van der Waals surface area contributed by atoms with E-state index in [2.05, 4.69) is 26.0 Å². The van der Waals surface area contributed by atoms with Gasteiger partial charge < -0.3 is 20.9 Å². The van der Waals surface area contributed by atoms with Crippen molar-refractivity contribution >= 4 is 29.1 Å². The largest absolute Gasteiger partial charge is 0.373 e. The number of nitrogens with zero attached hydrogens (tertiary/aromatic N) is 4. The molecule has 9 heteroatoms. The van der Waals surface area contributed by atoms with Crippen molar-refractivity contribution < 1.29 is 9.59 Å². The number of carbonyl (C=O) groups excluding carboxylic acids is 2. The number of aromatic nitrogens is 3. The SMILES string of the molecule is CNc1cc2nc3c(cnn13)C(=O)NCCC(=O)N1CCCC(C1)N2. The van der Waals surface area contributed by atoms with Crippen LogP contribution in [0.25, 0.3) is 5.65 Å². The zero-order valence-electron chi connectivity index (χ0n) is 14.1.